The van der Waals surface area contributed by atoms with Crippen LogP contribution in [-0.4, -0.2) is 23.9 Å². The Balaban J connectivity index is 1.70. The molecule has 1 fully saturated rings. The molecule has 3 rings (SSSR count). The van der Waals surface area contributed by atoms with Crippen molar-refractivity contribution in [1.29, 1.82) is 0 Å². The number of nitrogens with two attached hydrogens (primary N) is 1. The Kier molecular flexibility index (Phi) is 6.06. The van der Waals surface area contributed by atoms with Gasteiger partial charge in [-0.15, -0.1) is 0 Å². The van der Waals surface area contributed by atoms with Crippen molar-refractivity contribution < 1.29 is 14.0 Å². The number of benzene rings is 1. The van der Waals surface area contributed by atoms with Crippen LogP contribution >= 0.6 is 11.6 Å². The van der Waals surface area contributed by atoms with Gasteiger partial charge in [0.05, 0.1) is 18.2 Å². The second-order valence-electron chi connectivity index (χ2n) is 6.98. The molecule has 7 heteroatoms. The van der Waals surface area contributed by atoms with Crippen LogP contribution in [0.25, 0.3) is 0 Å². The van der Waals surface area contributed by atoms with Crippen LogP contribution in [-0.2, 0) is 6.54 Å². The van der Waals surface area contributed by atoms with Gasteiger partial charge in [0, 0.05) is 12.1 Å². The molecule has 0 saturated heterocycles. The molecule has 1 aliphatic carbocycles. The Hall–Kier alpha value is -2.47. The van der Waals surface area contributed by atoms with Crippen LogP contribution in [0, 0.1) is 5.92 Å². The normalized spacial score (nSPS) is 15.5. The largest absolute Gasteiger partial charge is 0.467 e. The first kappa shape index (κ1) is 19.3. The van der Waals surface area contributed by atoms with Crippen LogP contribution in [0.15, 0.2) is 41.0 Å². The lowest BCUT2D eigenvalue weighted by atomic mass is 9.90. The van der Waals surface area contributed by atoms with Gasteiger partial charge in [-0.05, 0) is 42.5 Å². The molecule has 2 aromatic rings. The highest BCUT2D eigenvalue weighted by molar-refractivity contribution is 6.30. The van der Waals surface area contributed by atoms with Crippen molar-refractivity contribution in [3.05, 3.63) is 58.5 Å². The summed E-state index contributed by atoms with van der Waals surface area (Å²) < 4.78 is 5.27. The van der Waals surface area contributed by atoms with Gasteiger partial charge in [-0.1, -0.05) is 36.6 Å². The number of halogens is 1. The molecular formula is C20H24ClN3O3. The summed E-state index contributed by atoms with van der Waals surface area (Å²) in [5.41, 5.74) is 6.58. The summed E-state index contributed by atoms with van der Waals surface area (Å²) in [6.07, 6.45) is 5.87. The third-order valence-corrected chi connectivity index (χ3v) is 5.40. The third kappa shape index (κ3) is 4.63. The Morgan fingerprint density at radius 1 is 1.30 bits per heavy atom. The third-order valence-electron chi connectivity index (χ3n) is 5.15. The molecule has 6 nitrogen and oxygen atoms in total. The number of nitrogens with zero attached hydrogens (tertiary/aromatic N) is 1. The van der Waals surface area contributed by atoms with Gasteiger partial charge in [0.15, 0.2) is 0 Å². The highest BCUT2D eigenvalue weighted by atomic mass is 35.5. The smallest absolute Gasteiger partial charge is 0.318 e. The molecule has 1 aromatic heterocycles. The molecule has 0 aliphatic heterocycles. The van der Waals surface area contributed by atoms with Crippen molar-refractivity contribution in [2.75, 3.05) is 7.05 Å². The number of primary amides is 1. The number of hydrogen-bond donors (Lipinski definition) is 2. The number of carbonyl (C=O) groups is 2. The first-order chi connectivity index (χ1) is 13.0. The molecule has 0 bridgehead atoms. The Bertz CT molecular complexity index is 797. The number of urea groups is 1. The standard InChI is InChI=1S/C20H24ClN3O3/c1-24(20(26)23-11-17-10-15(12-27-17)19(22)25)18(13-4-2-3-5-13)14-6-8-16(21)9-7-14/h6-10,12-13,18H,2-5,11H2,1H3,(H2,22,25)(H,23,26). The van der Waals surface area contributed by atoms with Crippen LogP contribution in [0.1, 0.15) is 53.4 Å². The zero-order valence-corrected chi connectivity index (χ0v) is 16.0. The molecule has 1 saturated carbocycles. The zero-order chi connectivity index (χ0) is 19.4. The van der Waals surface area contributed by atoms with Crippen LogP contribution in [0.4, 0.5) is 4.79 Å². The number of carbonyl (C=O) groups excluding carboxylic acids is 2. The average Bonchev–Trinajstić information content (AvgIpc) is 3.33. The molecule has 27 heavy (non-hydrogen) atoms. The topological polar surface area (TPSA) is 88.6 Å². The van der Waals surface area contributed by atoms with Crippen molar-refractivity contribution in [1.82, 2.24) is 10.2 Å². The number of nitrogens with one attached hydrogen (secondary N) is 1. The second kappa shape index (κ2) is 8.48. The van der Waals surface area contributed by atoms with Crippen molar-refractivity contribution in [2.45, 2.75) is 38.3 Å². The minimum absolute atomic E-state index is 0.0115. The fourth-order valence-electron chi connectivity index (χ4n) is 3.76. The fraction of sp³-hybridized carbons (Fsp3) is 0.400. The summed E-state index contributed by atoms with van der Waals surface area (Å²) in [5.74, 6) is 0.346. The quantitative estimate of drug-likeness (QED) is 0.779. The minimum Gasteiger partial charge on any atom is -0.467 e. The van der Waals surface area contributed by atoms with E-state index in [2.05, 4.69) is 5.32 Å². The summed E-state index contributed by atoms with van der Waals surface area (Å²) in [5, 5.41) is 3.53. The maximum absolute atomic E-state index is 12.8. The summed E-state index contributed by atoms with van der Waals surface area (Å²) in [7, 11) is 1.81. The van der Waals surface area contributed by atoms with E-state index < -0.39 is 5.91 Å². The second-order valence-corrected chi connectivity index (χ2v) is 7.41. The molecule has 0 spiro atoms. The lowest BCUT2D eigenvalue weighted by Gasteiger charge is -2.33. The van der Waals surface area contributed by atoms with Gasteiger partial charge < -0.3 is 20.4 Å². The van der Waals surface area contributed by atoms with Crippen molar-refractivity contribution in [3.63, 3.8) is 0 Å². The Morgan fingerprint density at radius 2 is 1.96 bits per heavy atom. The van der Waals surface area contributed by atoms with Crippen LogP contribution in [0.2, 0.25) is 5.02 Å². The van der Waals surface area contributed by atoms with Crippen LogP contribution < -0.4 is 11.1 Å². The summed E-state index contributed by atoms with van der Waals surface area (Å²) in [6.45, 7) is 0.189. The van der Waals surface area contributed by atoms with Crippen molar-refractivity contribution in [2.24, 2.45) is 11.7 Å². The zero-order valence-electron chi connectivity index (χ0n) is 15.3. The molecule has 1 aliphatic rings. The maximum Gasteiger partial charge on any atom is 0.318 e. The van der Waals surface area contributed by atoms with E-state index in [4.69, 9.17) is 21.8 Å². The van der Waals surface area contributed by atoms with E-state index >= 15 is 0 Å². The van der Waals surface area contributed by atoms with E-state index in [1.807, 2.05) is 31.3 Å². The highest BCUT2D eigenvalue weighted by Crippen LogP contribution is 2.39. The van der Waals surface area contributed by atoms with E-state index in [1.54, 1.807) is 4.90 Å². The molecule has 144 valence electrons. The maximum atomic E-state index is 12.8. The highest BCUT2D eigenvalue weighted by Gasteiger charge is 2.31. The van der Waals surface area contributed by atoms with Gasteiger partial charge in [-0.25, -0.2) is 4.79 Å². The summed E-state index contributed by atoms with van der Waals surface area (Å²) in [4.78, 5) is 25.6. The van der Waals surface area contributed by atoms with E-state index in [1.165, 1.54) is 25.2 Å². The monoisotopic (exact) mass is 389 g/mol. The van der Waals surface area contributed by atoms with Crippen LogP contribution in [0.5, 0.6) is 0 Å². The molecule has 1 heterocycles. The van der Waals surface area contributed by atoms with E-state index in [9.17, 15) is 9.59 Å². The SMILES string of the molecule is CN(C(=O)NCc1cc(C(N)=O)co1)C(c1ccc(Cl)cc1)C1CCCC1. The Morgan fingerprint density at radius 3 is 2.56 bits per heavy atom. The van der Waals surface area contributed by atoms with Crippen molar-refractivity contribution in [3.8, 4) is 0 Å². The lowest BCUT2D eigenvalue weighted by Crippen LogP contribution is -2.41. The number of hydrogen-bond acceptors (Lipinski definition) is 3. The van der Waals surface area contributed by atoms with E-state index in [0.717, 1.165) is 18.4 Å². The van der Waals surface area contributed by atoms with E-state index in [0.29, 0.717) is 16.7 Å². The van der Waals surface area contributed by atoms with E-state index in [-0.39, 0.29) is 24.2 Å². The Labute approximate surface area is 163 Å². The molecule has 1 aromatic carbocycles. The summed E-state index contributed by atoms with van der Waals surface area (Å²) >= 11 is 6.02. The molecule has 1 atom stereocenters. The minimum atomic E-state index is -0.558. The van der Waals surface area contributed by atoms with Gasteiger partial charge in [0.2, 0.25) is 0 Å². The first-order valence-corrected chi connectivity index (χ1v) is 9.47. The van der Waals surface area contributed by atoms with Gasteiger partial charge in [-0.3, -0.25) is 4.79 Å². The average molecular weight is 390 g/mol. The molecule has 3 amide bonds. The van der Waals surface area contributed by atoms with Gasteiger partial charge in [0.25, 0.3) is 5.91 Å². The first-order valence-electron chi connectivity index (χ1n) is 9.09. The predicted octanol–water partition coefficient (Wildman–Crippen LogP) is 4.10. The number of furan rings is 1. The molecule has 1 unspecified atom stereocenters. The molecular weight excluding hydrogens is 366 g/mol. The van der Waals surface area contributed by atoms with Gasteiger partial charge >= 0.3 is 6.03 Å². The van der Waals surface area contributed by atoms with Crippen molar-refractivity contribution >= 4 is 23.5 Å². The predicted molar refractivity (Wildman–Crippen MR) is 103 cm³/mol. The number of rotatable bonds is 6. The van der Waals surface area contributed by atoms with Gasteiger partial charge in [0.1, 0.15) is 12.0 Å². The fourth-order valence-corrected chi connectivity index (χ4v) is 3.89. The van der Waals surface area contributed by atoms with Crippen LogP contribution in [0.3, 0.4) is 0 Å². The number of amides is 3. The molecule has 3 N–H and O–H groups in total. The molecule has 0 radical (unpaired) electrons. The summed E-state index contributed by atoms with van der Waals surface area (Å²) in [6, 6.07) is 9.02. The lowest BCUT2D eigenvalue weighted by molar-refractivity contribution is 0.0999. The van der Waals surface area contributed by atoms with Gasteiger partial charge in [-0.2, -0.15) is 0 Å².